The topological polar surface area (TPSA) is 76.8 Å². The van der Waals surface area contributed by atoms with Gasteiger partial charge in [-0.3, -0.25) is 14.8 Å². The second kappa shape index (κ2) is 8.88. The van der Waals surface area contributed by atoms with Crippen molar-refractivity contribution in [3.05, 3.63) is 101 Å². The van der Waals surface area contributed by atoms with E-state index in [1.807, 2.05) is 41.4 Å². The number of pyridine rings is 1. The Morgan fingerprint density at radius 2 is 2.06 bits per heavy atom. The van der Waals surface area contributed by atoms with E-state index in [0.29, 0.717) is 29.4 Å². The standard InChI is InChI=1S/C24H21ClN6O/c25-19-5-1-4-17(12-19)13-20-15-26-16-21(29-20)22-6-2-10-30(22)24(32)18-7-8-23(27-14-18)31-11-3-9-28-31/h1,3-5,7-9,11-12,14-16,22H,2,6,10,13H2/t22-/m1/s1. The first-order valence-corrected chi connectivity index (χ1v) is 10.9. The third kappa shape index (κ3) is 4.24. The van der Waals surface area contributed by atoms with Gasteiger partial charge in [0.25, 0.3) is 5.91 Å². The van der Waals surface area contributed by atoms with Crippen molar-refractivity contribution < 1.29 is 4.79 Å². The Morgan fingerprint density at radius 1 is 1.12 bits per heavy atom. The summed E-state index contributed by atoms with van der Waals surface area (Å²) in [5.41, 5.74) is 3.30. The first-order valence-electron chi connectivity index (χ1n) is 10.5. The molecule has 4 heterocycles. The maximum absolute atomic E-state index is 13.2. The van der Waals surface area contributed by atoms with E-state index in [1.165, 1.54) is 0 Å². The van der Waals surface area contributed by atoms with Gasteiger partial charge in [-0.2, -0.15) is 5.10 Å². The van der Waals surface area contributed by atoms with E-state index in [4.69, 9.17) is 16.6 Å². The Bertz CT molecular complexity index is 1230. The van der Waals surface area contributed by atoms with Crippen molar-refractivity contribution in [1.82, 2.24) is 29.6 Å². The number of likely N-dealkylation sites (tertiary alicyclic amines) is 1. The van der Waals surface area contributed by atoms with Gasteiger partial charge >= 0.3 is 0 Å². The summed E-state index contributed by atoms with van der Waals surface area (Å²) in [5, 5.41) is 4.87. The minimum atomic E-state index is -0.0971. The lowest BCUT2D eigenvalue weighted by atomic mass is 10.1. The second-order valence-electron chi connectivity index (χ2n) is 7.75. The number of carbonyl (C=O) groups excluding carboxylic acids is 1. The van der Waals surface area contributed by atoms with E-state index >= 15 is 0 Å². The summed E-state index contributed by atoms with van der Waals surface area (Å²) in [6, 6.07) is 13.1. The van der Waals surface area contributed by atoms with Crippen LogP contribution in [0.15, 0.2) is 73.4 Å². The average molecular weight is 445 g/mol. The summed E-state index contributed by atoms with van der Waals surface area (Å²) in [7, 11) is 0. The summed E-state index contributed by atoms with van der Waals surface area (Å²) >= 11 is 6.11. The molecule has 1 amide bonds. The van der Waals surface area contributed by atoms with E-state index in [-0.39, 0.29) is 11.9 Å². The van der Waals surface area contributed by atoms with Gasteiger partial charge in [-0.05, 0) is 48.7 Å². The van der Waals surface area contributed by atoms with Crippen LogP contribution in [0.25, 0.3) is 5.82 Å². The average Bonchev–Trinajstić information content (AvgIpc) is 3.52. The summed E-state index contributed by atoms with van der Waals surface area (Å²) in [5.74, 6) is 0.623. The number of nitrogens with zero attached hydrogens (tertiary/aromatic N) is 6. The van der Waals surface area contributed by atoms with Gasteiger partial charge in [-0.1, -0.05) is 23.7 Å². The van der Waals surface area contributed by atoms with Crippen molar-refractivity contribution >= 4 is 17.5 Å². The summed E-state index contributed by atoms with van der Waals surface area (Å²) in [6.07, 6.45) is 11.1. The molecule has 1 aliphatic rings. The third-order valence-corrected chi connectivity index (χ3v) is 5.80. The first-order chi connectivity index (χ1) is 15.7. The smallest absolute Gasteiger partial charge is 0.255 e. The lowest BCUT2D eigenvalue weighted by molar-refractivity contribution is 0.0732. The largest absolute Gasteiger partial charge is 0.330 e. The molecule has 1 saturated heterocycles. The van der Waals surface area contributed by atoms with Crippen molar-refractivity contribution in [2.45, 2.75) is 25.3 Å². The van der Waals surface area contributed by atoms with Gasteiger partial charge in [-0.25, -0.2) is 9.67 Å². The van der Waals surface area contributed by atoms with Crippen LogP contribution in [0, 0.1) is 0 Å². The van der Waals surface area contributed by atoms with E-state index < -0.39 is 0 Å². The second-order valence-corrected chi connectivity index (χ2v) is 8.19. The summed E-state index contributed by atoms with van der Waals surface area (Å²) in [4.78, 5) is 28.7. The number of hydrogen-bond donors (Lipinski definition) is 0. The van der Waals surface area contributed by atoms with Crippen LogP contribution in [0.4, 0.5) is 0 Å². The van der Waals surface area contributed by atoms with Gasteiger partial charge in [0.2, 0.25) is 0 Å². The predicted molar refractivity (Wildman–Crippen MR) is 121 cm³/mol. The Labute approximate surface area is 190 Å². The van der Waals surface area contributed by atoms with Crippen LogP contribution in [0.3, 0.4) is 0 Å². The highest BCUT2D eigenvalue weighted by Gasteiger charge is 2.32. The Balaban J connectivity index is 1.34. The molecule has 7 nitrogen and oxygen atoms in total. The van der Waals surface area contributed by atoms with Crippen molar-refractivity contribution in [3.8, 4) is 5.82 Å². The predicted octanol–water partition coefficient (Wildman–Crippen LogP) is 4.28. The number of benzene rings is 1. The molecule has 0 aliphatic carbocycles. The molecule has 0 spiro atoms. The molecule has 1 aromatic carbocycles. The number of aromatic nitrogens is 5. The Morgan fingerprint density at radius 3 is 2.84 bits per heavy atom. The first kappa shape index (κ1) is 20.3. The highest BCUT2D eigenvalue weighted by Crippen LogP contribution is 2.32. The van der Waals surface area contributed by atoms with Gasteiger partial charge in [0.15, 0.2) is 5.82 Å². The van der Waals surface area contributed by atoms with Gasteiger partial charge < -0.3 is 4.90 Å². The number of carbonyl (C=O) groups is 1. The van der Waals surface area contributed by atoms with Crippen molar-refractivity contribution in [2.24, 2.45) is 0 Å². The molecule has 0 radical (unpaired) electrons. The van der Waals surface area contributed by atoms with E-state index in [1.54, 1.807) is 41.6 Å². The van der Waals surface area contributed by atoms with E-state index in [2.05, 4.69) is 15.1 Å². The monoisotopic (exact) mass is 444 g/mol. The normalized spacial score (nSPS) is 15.8. The van der Waals surface area contributed by atoms with Crippen LogP contribution >= 0.6 is 11.6 Å². The van der Waals surface area contributed by atoms with Crippen molar-refractivity contribution in [1.29, 1.82) is 0 Å². The molecular weight excluding hydrogens is 424 g/mol. The van der Waals surface area contributed by atoms with Crippen molar-refractivity contribution in [3.63, 3.8) is 0 Å². The highest BCUT2D eigenvalue weighted by molar-refractivity contribution is 6.30. The molecule has 0 unspecified atom stereocenters. The zero-order valence-corrected chi connectivity index (χ0v) is 18.1. The van der Waals surface area contributed by atoms with Crippen LogP contribution in [0.2, 0.25) is 5.02 Å². The zero-order chi connectivity index (χ0) is 21.9. The molecule has 0 saturated carbocycles. The fraction of sp³-hybridized carbons (Fsp3) is 0.208. The molecule has 4 aromatic rings. The number of halogens is 1. The SMILES string of the molecule is O=C(c1ccc(-n2cccn2)nc1)N1CCC[C@@H]1c1cncc(Cc2cccc(Cl)c2)n1. The number of amides is 1. The molecule has 1 atom stereocenters. The number of rotatable bonds is 5. The minimum absolute atomic E-state index is 0.0472. The van der Waals surface area contributed by atoms with Crippen LogP contribution in [0.1, 0.15) is 46.2 Å². The van der Waals surface area contributed by atoms with Gasteiger partial charge in [0, 0.05) is 42.8 Å². The molecule has 1 aliphatic heterocycles. The fourth-order valence-electron chi connectivity index (χ4n) is 4.06. The van der Waals surface area contributed by atoms with Crippen LogP contribution < -0.4 is 0 Å². The molecule has 5 rings (SSSR count). The van der Waals surface area contributed by atoms with Crippen LogP contribution in [0.5, 0.6) is 0 Å². The molecule has 0 N–H and O–H groups in total. The molecule has 0 bridgehead atoms. The maximum Gasteiger partial charge on any atom is 0.255 e. The Kier molecular flexibility index (Phi) is 5.64. The molecule has 32 heavy (non-hydrogen) atoms. The van der Waals surface area contributed by atoms with E-state index in [9.17, 15) is 4.79 Å². The minimum Gasteiger partial charge on any atom is -0.330 e. The maximum atomic E-state index is 13.2. The molecular formula is C24H21ClN6O. The molecule has 160 valence electrons. The highest BCUT2D eigenvalue weighted by atomic mass is 35.5. The quantitative estimate of drug-likeness (QED) is 0.459. The van der Waals surface area contributed by atoms with Crippen molar-refractivity contribution in [2.75, 3.05) is 6.54 Å². The van der Waals surface area contributed by atoms with Crippen LogP contribution in [-0.2, 0) is 6.42 Å². The Hall–Kier alpha value is -3.58. The fourth-order valence-corrected chi connectivity index (χ4v) is 4.27. The molecule has 3 aromatic heterocycles. The third-order valence-electron chi connectivity index (χ3n) is 5.57. The lowest BCUT2D eigenvalue weighted by Gasteiger charge is -2.24. The molecule has 1 fully saturated rings. The number of hydrogen-bond acceptors (Lipinski definition) is 5. The lowest BCUT2D eigenvalue weighted by Crippen LogP contribution is -2.31. The van der Waals surface area contributed by atoms with Gasteiger partial charge in [-0.15, -0.1) is 0 Å². The molecule has 8 heteroatoms. The van der Waals surface area contributed by atoms with E-state index in [0.717, 1.165) is 29.8 Å². The van der Waals surface area contributed by atoms with Crippen LogP contribution in [-0.4, -0.2) is 42.1 Å². The summed E-state index contributed by atoms with van der Waals surface area (Å²) in [6.45, 7) is 0.685. The summed E-state index contributed by atoms with van der Waals surface area (Å²) < 4.78 is 1.66. The zero-order valence-electron chi connectivity index (χ0n) is 17.3. The van der Waals surface area contributed by atoms with Gasteiger partial charge in [0.05, 0.1) is 29.2 Å². The van der Waals surface area contributed by atoms with Gasteiger partial charge in [0.1, 0.15) is 0 Å².